The predicted octanol–water partition coefficient (Wildman–Crippen LogP) is 3.51. The number of carbonyl (C=O) groups excluding carboxylic acids is 1. The molecule has 0 saturated heterocycles. The van der Waals surface area contributed by atoms with E-state index in [0.29, 0.717) is 0 Å². The SMILES string of the molecule is CC.CC(=O)c1cc(S)ccc1C. The molecule has 0 unspecified atom stereocenters. The van der Waals surface area contributed by atoms with Gasteiger partial charge in [0.05, 0.1) is 0 Å². The van der Waals surface area contributed by atoms with Crippen molar-refractivity contribution in [2.24, 2.45) is 0 Å². The largest absolute Gasteiger partial charge is 0.295 e. The Morgan fingerprint density at radius 1 is 1.31 bits per heavy atom. The summed E-state index contributed by atoms with van der Waals surface area (Å²) in [7, 11) is 0. The quantitative estimate of drug-likeness (QED) is 0.537. The van der Waals surface area contributed by atoms with Crippen molar-refractivity contribution >= 4 is 18.4 Å². The highest BCUT2D eigenvalue weighted by Gasteiger charge is 2.02. The van der Waals surface area contributed by atoms with Gasteiger partial charge in [-0.15, -0.1) is 12.6 Å². The van der Waals surface area contributed by atoms with Crippen LogP contribution in [0.5, 0.6) is 0 Å². The lowest BCUT2D eigenvalue weighted by Gasteiger charge is -2.01. The van der Waals surface area contributed by atoms with Crippen molar-refractivity contribution in [2.45, 2.75) is 32.6 Å². The Balaban J connectivity index is 0.000000671. The summed E-state index contributed by atoms with van der Waals surface area (Å²) in [5.41, 5.74) is 1.77. The van der Waals surface area contributed by atoms with Crippen LogP contribution in [-0.4, -0.2) is 5.78 Å². The summed E-state index contributed by atoms with van der Waals surface area (Å²) in [5.74, 6) is 0.0957. The number of hydrogen-bond donors (Lipinski definition) is 1. The van der Waals surface area contributed by atoms with Gasteiger partial charge in [-0.3, -0.25) is 4.79 Å². The first kappa shape index (κ1) is 12.2. The molecule has 1 aromatic rings. The van der Waals surface area contributed by atoms with Gasteiger partial charge in [-0.2, -0.15) is 0 Å². The lowest BCUT2D eigenvalue weighted by Crippen LogP contribution is -1.95. The molecule has 13 heavy (non-hydrogen) atoms. The molecule has 0 N–H and O–H groups in total. The van der Waals surface area contributed by atoms with E-state index in [1.54, 1.807) is 13.0 Å². The Hall–Kier alpha value is -0.760. The fourth-order valence-corrected chi connectivity index (χ4v) is 1.19. The molecule has 72 valence electrons. The number of ketones is 1. The highest BCUT2D eigenvalue weighted by atomic mass is 32.1. The van der Waals surface area contributed by atoms with E-state index in [-0.39, 0.29) is 5.78 Å². The van der Waals surface area contributed by atoms with E-state index in [0.717, 1.165) is 16.0 Å². The van der Waals surface area contributed by atoms with Crippen molar-refractivity contribution < 1.29 is 4.79 Å². The molecule has 0 atom stereocenters. The number of carbonyl (C=O) groups is 1. The molecule has 1 rings (SSSR count). The van der Waals surface area contributed by atoms with Crippen LogP contribution in [0.15, 0.2) is 23.1 Å². The zero-order valence-electron chi connectivity index (χ0n) is 8.59. The molecule has 0 fully saturated rings. The summed E-state index contributed by atoms with van der Waals surface area (Å²) in [6.07, 6.45) is 0. The van der Waals surface area contributed by atoms with Crippen molar-refractivity contribution in [1.82, 2.24) is 0 Å². The van der Waals surface area contributed by atoms with Crippen molar-refractivity contribution in [3.63, 3.8) is 0 Å². The molecule has 0 amide bonds. The van der Waals surface area contributed by atoms with Crippen molar-refractivity contribution in [2.75, 3.05) is 0 Å². The number of benzene rings is 1. The van der Waals surface area contributed by atoms with Gasteiger partial charge in [-0.1, -0.05) is 19.9 Å². The number of rotatable bonds is 1. The van der Waals surface area contributed by atoms with Gasteiger partial charge in [-0.05, 0) is 31.5 Å². The van der Waals surface area contributed by atoms with Crippen LogP contribution in [0.4, 0.5) is 0 Å². The van der Waals surface area contributed by atoms with E-state index in [1.165, 1.54) is 0 Å². The maximum Gasteiger partial charge on any atom is 0.160 e. The summed E-state index contributed by atoms with van der Waals surface area (Å²) >= 11 is 4.14. The van der Waals surface area contributed by atoms with Gasteiger partial charge in [0, 0.05) is 10.5 Å². The van der Waals surface area contributed by atoms with Gasteiger partial charge in [-0.25, -0.2) is 0 Å². The maximum absolute atomic E-state index is 11.0. The second-order valence-corrected chi connectivity index (χ2v) is 3.07. The summed E-state index contributed by atoms with van der Waals surface area (Å²) < 4.78 is 0. The van der Waals surface area contributed by atoms with Gasteiger partial charge in [0.15, 0.2) is 5.78 Å². The molecule has 1 nitrogen and oxygen atoms in total. The second-order valence-electron chi connectivity index (χ2n) is 2.56. The van der Waals surface area contributed by atoms with Crippen LogP contribution in [0.1, 0.15) is 36.7 Å². The highest BCUT2D eigenvalue weighted by molar-refractivity contribution is 7.80. The fraction of sp³-hybridized carbons (Fsp3) is 0.364. The minimum Gasteiger partial charge on any atom is -0.295 e. The molecule has 0 radical (unpaired) electrons. The number of aryl methyl sites for hydroxylation is 1. The molecule has 0 bridgehead atoms. The first-order valence-electron chi connectivity index (χ1n) is 4.42. The van der Waals surface area contributed by atoms with Crippen LogP contribution in [0.25, 0.3) is 0 Å². The second kappa shape index (κ2) is 5.81. The Morgan fingerprint density at radius 2 is 1.85 bits per heavy atom. The Bertz CT molecular complexity index is 292. The number of hydrogen-bond acceptors (Lipinski definition) is 2. The monoisotopic (exact) mass is 196 g/mol. The summed E-state index contributed by atoms with van der Waals surface area (Å²) in [6, 6.07) is 5.57. The Morgan fingerprint density at radius 3 is 2.23 bits per heavy atom. The molecular formula is C11H16OS. The van der Waals surface area contributed by atoms with E-state index in [1.807, 2.05) is 32.9 Å². The lowest BCUT2D eigenvalue weighted by molar-refractivity contribution is 0.101. The van der Waals surface area contributed by atoms with Crippen LogP contribution in [0, 0.1) is 6.92 Å². The van der Waals surface area contributed by atoms with E-state index in [2.05, 4.69) is 12.6 Å². The summed E-state index contributed by atoms with van der Waals surface area (Å²) in [4.78, 5) is 11.8. The van der Waals surface area contributed by atoms with Crippen molar-refractivity contribution in [3.05, 3.63) is 29.3 Å². The Labute approximate surface area is 85.6 Å². The smallest absolute Gasteiger partial charge is 0.160 e. The van der Waals surface area contributed by atoms with Crippen LogP contribution < -0.4 is 0 Å². The van der Waals surface area contributed by atoms with Crippen LogP contribution >= 0.6 is 12.6 Å². The van der Waals surface area contributed by atoms with Gasteiger partial charge >= 0.3 is 0 Å². The van der Waals surface area contributed by atoms with Crippen LogP contribution in [-0.2, 0) is 0 Å². The van der Waals surface area contributed by atoms with Crippen LogP contribution in [0.2, 0.25) is 0 Å². The minimum absolute atomic E-state index is 0.0957. The molecule has 0 saturated carbocycles. The molecule has 1 aromatic carbocycles. The third-order valence-corrected chi connectivity index (χ3v) is 1.88. The zero-order valence-corrected chi connectivity index (χ0v) is 9.48. The highest BCUT2D eigenvalue weighted by Crippen LogP contribution is 2.13. The molecular weight excluding hydrogens is 180 g/mol. The van der Waals surface area contributed by atoms with E-state index >= 15 is 0 Å². The predicted molar refractivity (Wildman–Crippen MR) is 59.8 cm³/mol. The summed E-state index contributed by atoms with van der Waals surface area (Å²) in [5, 5.41) is 0. The van der Waals surface area contributed by atoms with Gasteiger partial charge < -0.3 is 0 Å². The third-order valence-electron chi connectivity index (χ3n) is 1.60. The minimum atomic E-state index is 0.0957. The first-order chi connectivity index (χ1) is 6.11. The van der Waals surface area contributed by atoms with E-state index in [4.69, 9.17) is 0 Å². The average Bonchev–Trinajstić information content (AvgIpc) is 2.12. The molecule has 2 heteroatoms. The topological polar surface area (TPSA) is 17.1 Å². The molecule has 0 spiro atoms. The molecule has 0 aromatic heterocycles. The maximum atomic E-state index is 11.0. The number of Topliss-reactive ketones (excluding diaryl/α,β-unsaturated/α-hetero) is 1. The summed E-state index contributed by atoms with van der Waals surface area (Å²) in [6.45, 7) is 7.49. The lowest BCUT2D eigenvalue weighted by atomic mass is 10.1. The van der Waals surface area contributed by atoms with Crippen LogP contribution in [0.3, 0.4) is 0 Å². The van der Waals surface area contributed by atoms with Gasteiger partial charge in [0.1, 0.15) is 0 Å². The first-order valence-corrected chi connectivity index (χ1v) is 4.86. The van der Waals surface area contributed by atoms with Crippen molar-refractivity contribution in [1.29, 1.82) is 0 Å². The molecule has 0 aliphatic rings. The van der Waals surface area contributed by atoms with Gasteiger partial charge in [0.25, 0.3) is 0 Å². The van der Waals surface area contributed by atoms with E-state index in [9.17, 15) is 4.79 Å². The standard InChI is InChI=1S/C9H10OS.C2H6/c1-6-3-4-8(11)5-9(6)7(2)10;1-2/h3-5,11H,1-2H3;1-2H3. The molecule has 0 heterocycles. The third kappa shape index (κ3) is 3.64. The van der Waals surface area contributed by atoms with E-state index < -0.39 is 0 Å². The molecule has 0 aliphatic heterocycles. The Kier molecular flexibility index (Phi) is 5.47. The zero-order chi connectivity index (χ0) is 10.4. The fourth-order valence-electron chi connectivity index (χ4n) is 0.989. The average molecular weight is 196 g/mol. The van der Waals surface area contributed by atoms with Crippen molar-refractivity contribution in [3.8, 4) is 0 Å². The number of thiol groups is 1. The molecule has 0 aliphatic carbocycles. The normalized spacial score (nSPS) is 8.69. The van der Waals surface area contributed by atoms with Gasteiger partial charge in [0.2, 0.25) is 0 Å².